The third-order valence-corrected chi connectivity index (χ3v) is 0.289. The molecule has 24 valence electrons. The van der Waals surface area contributed by atoms with E-state index >= 15 is 0 Å². The summed E-state index contributed by atoms with van der Waals surface area (Å²) in [7, 11) is 0. The molecule has 0 heteroatoms. The summed E-state index contributed by atoms with van der Waals surface area (Å²) in [6.07, 6.45) is 1.75. The summed E-state index contributed by atoms with van der Waals surface area (Å²) < 4.78 is 6.69. The van der Waals surface area contributed by atoms with Gasteiger partial charge in [0, 0.05) is 0 Å². The SMILES string of the molecule is [2H]C(C)=CC. The van der Waals surface area contributed by atoms with Gasteiger partial charge in [0.2, 0.25) is 0 Å². The van der Waals surface area contributed by atoms with Crippen LogP contribution < -0.4 is 0 Å². The molecule has 0 atom stereocenters. The van der Waals surface area contributed by atoms with E-state index in [1.54, 1.807) is 13.0 Å². The van der Waals surface area contributed by atoms with Crippen molar-refractivity contribution >= 4 is 0 Å². The van der Waals surface area contributed by atoms with Crippen molar-refractivity contribution in [3.8, 4) is 0 Å². The van der Waals surface area contributed by atoms with Gasteiger partial charge in [-0.15, -0.1) is 0 Å². The van der Waals surface area contributed by atoms with Gasteiger partial charge >= 0.3 is 0 Å². The Labute approximate surface area is 28.5 Å². The van der Waals surface area contributed by atoms with E-state index in [1.807, 2.05) is 6.92 Å². The molecule has 0 radical (unpaired) electrons. The van der Waals surface area contributed by atoms with Gasteiger partial charge in [-0.1, -0.05) is 12.1 Å². The fraction of sp³-hybridized carbons (Fsp3) is 0.500. The monoisotopic (exact) mass is 57.1 g/mol. The van der Waals surface area contributed by atoms with Crippen LogP contribution in [-0.4, -0.2) is 0 Å². The molecule has 0 aromatic carbocycles. The first-order valence-electron chi connectivity index (χ1n) is 1.87. The Morgan fingerprint density at radius 3 is 2.00 bits per heavy atom. The van der Waals surface area contributed by atoms with E-state index < -0.39 is 0 Å². The zero-order chi connectivity index (χ0) is 4.28. The van der Waals surface area contributed by atoms with Crippen molar-refractivity contribution in [3.63, 3.8) is 0 Å². The molecule has 4 heavy (non-hydrogen) atoms. The molecule has 0 spiro atoms. The van der Waals surface area contributed by atoms with Crippen molar-refractivity contribution < 1.29 is 1.37 Å². The molecule has 0 aromatic rings. The second-order valence-electron chi connectivity index (χ2n) is 0.577. The third kappa shape index (κ3) is 1.74. The number of allylic oxidation sites excluding steroid dienone is 2. The van der Waals surface area contributed by atoms with E-state index in [-0.39, 0.29) is 0 Å². The Bertz CT molecular complexity index is 41.6. The highest BCUT2D eigenvalue weighted by atomic mass is 13.4. The summed E-state index contributed by atoms with van der Waals surface area (Å²) in [5.74, 6) is 0. The molecule has 0 saturated heterocycles. The normalized spacial score (nSPS) is 15.5. The van der Waals surface area contributed by atoms with E-state index in [2.05, 4.69) is 0 Å². The lowest BCUT2D eigenvalue weighted by Crippen LogP contribution is -1.26. The zero-order valence-electron chi connectivity index (χ0n) is 4.08. The minimum atomic E-state index is 0.630. The number of hydrogen-bond donors (Lipinski definition) is 0. The van der Waals surface area contributed by atoms with Crippen molar-refractivity contribution in [2.24, 2.45) is 0 Å². The van der Waals surface area contributed by atoms with Gasteiger partial charge in [0.05, 0.1) is 1.37 Å². The van der Waals surface area contributed by atoms with Crippen LogP contribution in [0.4, 0.5) is 0 Å². The summed E-state index contributed by atoms with van der Waals surface area (Å²) in [6, 6.07) is 0.630. The largest absolute Gasteiger partial charge is 0.0919 e. The van der Waals surface area contributed by atoms with Crippen molar-refractivity contribution in [2.75, 3.05) is 0 Å². The summed E-state index contributed by atoms with van der Waals surface area (Å²) in [4.78, 5) is 0. The maximum absolute atomic E-state index is 6.69. The molecule has 0 aromatic heterocycles. The predicted octanol–water partition coefficient (Wildman–Crippen LogP) is 1.58. The van der Waals surface area contributed by atoms with Crippen LogP contribution in [0.1, 0.15) is 15.2 Å². The third-order valence-electron chi connectivity index (χ3n) is 0.289. The Morgan fingerprint density at radius 1 is 1.75 bits per heavy atom. The van der Waals surface area contributed by atoms with Gasteiger partial charge in [-0.25, -0.2) is 0 Å². The lowest BCUT2D eigenvalue weighted by Gasteiger charge is -1.49. The van der Waals surface area contributed by atoms with Crippen molar-refractivity contribution in [2.45, 2.75) is 13.8 Å². The molecule has 0 nitrogen and oxygen atoms in total. The highest BCUT2D eigenvalue weighted by Crippen LogP contribution is 1.57. The van der Waals surface area contributed by atoms with Gasteiger partial charge in [0.25, 0.3) is 0 Å². The fourth-order valence-electron chi connectivity index (χ4n) is 0. The van der Waals surface area contributed by atoms with Gasteiger partial charge in [-0.2, -0.15) is 0 Å². The van der Waals surface area contributed by atoms with Crippen LogP contribution in [0.15, 0.2) is 12.1 Å². The topological polar surface area (TPSA) is 0 Å². The van der Waals surface area contributed by atoms with Crippen LogP contribution >= 0.6 is 0 Å². The smallest absolute Gasteiger partial charge is 0.0569 e. The van der Waals surface area contributed by atoms with E-state index in [4.69, 9.17) is 1.37 Å². The van der Waals surface area contributed by atoms with Crippen LogP contribution in [0.3, 0.4) is 0 Å². The maximum Gasteiger partial charge on any atom is 0.0569 e. The minimum Gasteiger partial charge on any atom is -0.0919 e. The van der Waals surface area contributed by atoms with E-state index in [1.165, 1.54) is 0 Å². The standard InChI is InChI=1S/C4H8/c1-3-4-2/h3-4H,1-2H3/i3D. The van der Waals surface area contributed by atoms with E-state index in [0.717, 1.165) is 0 Å². The second kappa shape index (κ2) is 2.74. The molecule has 0 fully saturated rings. The Balaban J connectivity index is 3.14. The molecule has 0 aliphatic heterocycles. The van der Waals surface area contributed by atoms with Crippen LogP contribution in [0.2, 0.25) is 0 Å². The summed E-state index contributed by atoms with van der Waals surface area (Å²) >= 11 is 0. The van der Waals surface area contributed by atoms with Gasteiger partial charge in [-0.3, -0.25) is 0 Å². The van der Waals surface area contributed by atoms with Crippen LogP contribution in [0, 0.1) is 0 Å². The average Bonchev–Trinajstić information content (AvgIpc) is 1.38. The molecular weight excluding hydrogens is 48.0 g/mol. The van der Waals surface area contributed by atoms with Gasteiger partial charge in [0.15, 0.2) is 0 Å². The molecule has 0 unspecified atom stereocenters. The Hall–Kier alpha value is -0.260. The summed E-state index contributed by atoms with van der Waals surface area (Å²) in [5, 5.41) is 0. The minimum absolute atomic E-state index is 0.630. The Kier molecular flexibility index (Phi) is 1.38. The highest BCUT2D eigenvalue weighted by Gasteiger charge is 1.34. The van der Waals surface area contributed by atoms with Crippen molar-refractivity contribution in [1.82, 2.24) is 0 Å². The fourth-order valence-corrected chi connectivity index (χ4v) is 0. The van der Waals surface area contributed by atoms with Gasteiger partial charge in [0.1, 0.15) is 0 Å². The molecule has 0 bridgehead atoms. The van der Waals surface area contributed by atoms with Crippen molar-refractivity contribution in [1.29, 1.82) is 0 Å². The molecule has 0 N–H and O–H groups in total. The second-order valence-corrected chi connectivity index (χ2v) is 0.577. The molecule has 0 saturated carbocycles. The molecular formula is C4H8. The molecule has 0 aliphatic carbocycles. The van der Waals surface area contributed by atoms with E-state index in [9.17, 15) is 0 Å². The Morgan fingerprint density at radius 2 is 2.00 bits per heavy atom. The van der Waals surface area contributed by atoms with Gasteiger partial charge in [-0.05, 0) is 13.8 Å². The lowest BCUT2D eigenvalue weighted by molar-refractivity contribution is 1.64. The first kappa shape index (κ1) is 2.01. The van der Waals surface area contributed by atoms with Crippen LogP contribution in [-0.2, 0) is 0 Å². The predicted molar refractivity (Wildman–Crippen MR) is 20.5 cm³/mol. The van der Waals surface area contributed by atoms with E-state index in [0.29, 0.717) is 6.05 Å². The summed E-state index contributed by atoms with van der Waals surface area (Å²) in [6.45, 7) is 3.60. The molecule has 0 heterocycles. The molecule has 0 amide bonds. The molecule has 0 rings (SSSR count). The van der Waals surface area contributed by atoms with Gasteiger partial charge < -0.3 is 0 Å². The zero-order valence-corrected chi connectivity index (χ0v) is 3.08. The highest BCUT2D eigenvalue weighted by molar-refractivity contribution is 4.68. The van der Waals surface area contributed by atoms with Crippen LogP contribution in [0.25, 0.3) is 0 Å². The average molecular weight is 57.1 g/mol. The first-order valence-corrected chi connectivity index (χ1v) is 1.37. The number of rotatable bonds is 0. The lowest BCUT2D eigenvalue weighted by atomic mass is 10.6. The molecule has 0 aliphatic rings. The summed E-state index contributed by atoms with van der Waals surface area (Å²) in [5.41, 5.74) is 0. The number of hydrogen-bond acceptors (Lipinski definition) is 0. The maximum atomic E-state index is 6.69. The van der Waals surface area contributed by atoms with Crippen molar-refractivity contribution in [3.05, 3.63) is 12.1 Å². The quantitative estimate of drug-likeness (QED) is 0.370. The van der Waals surface area contributed by atoms with Crippen LogP contribution in [0.5, 0.6) is 0 Å². The first-order chi connectivity index (χ1) is 2.27.